The minimum absolute atomic E-state index is 0.0354. The highest BCUT2D eigenvalue weighted by atomic mass is 35.5. The molecule has 0 radical (unpaired) electrons. The van der Waals surface area contributed by atoms with Crippen molar-refractivity contribution in [3.8, 4) is 17.2 Å². The fourth-order valence-corrected chi connectivity index (χ4v) is 6.29. The number of methoxy groups -OCH3 is 2. The molecule has 30 heavy (non-hydrogen) atoms. The SMILES string of the molecule is COc1ccc([C@]23Oc4ccccc4[C@@H](c4ccccc4)[C@]2(C)C3(Cl)Cl)cc1OC. The van der Waals surface area contributed by atoms with Gasteiger partial charge < -0.3 is 14.2 Å². The van der Waals surface area contributed by atoms with Crippen LogP contribution in [0.4, 0.5) is 0 Å². The monoisotopic (exact) mass is 440 g/mol. The predicted octanol–water partition coefficient (Wildman–Crippen LogP) is 6.32. The second-order valence-corrected chi connectivity index (χ2v) is 9.34. The van der Waals surface area contributed by atoms with Crippen LogP contribution in [0.25, 0.3) is 0 Å². The molecule has 3 nitrogen and oxygen atoms in total. The first-order chi connectivity index (χ1) is 14.4. The van der Waals surface area contributed by atoms with E-state index in [-0.39, 0.29) is 5.92 Å². The summed E-state index contributed by atoms with van der Waals surface area (Å²) in [6, 6.07) is 24.2. The summed E-state index contributed by atoms with van der Waals surface area (Å²) in [6.45, 7) is 2.11. The van der Waals surface area contributed by atoms with Crippen LogP contribution in [-0.2, 0) is 5.60 Å². The van der Waals surface area contributed by atoms with Crippen LogP contribution in [0.2, 0.25) is 0 Å². The number of rotatable bonds is 4. The number of hydrogen-bond donors (Lipinski definition) is 0. The van der Waals surface area contributed by atoms with Gasteiger partial charge in [0.05, 0.1) is 19.6 Å². The van der Waals surface area contributed by atoms with Gasteiger partial charge in [-0.25, -0.2) is 0 Å². The zero-order chi connectivity index (χ0) is 21.1. The number of hydrogen-bond acceptors (Lipinski definition) is 3. The minimum atomic E-state index is -1.15. The molecule has 0 amide bonds. The van der Waals surface area contributed by atoms with E-state index in [9.17, 15) is 0 Å². The molecule has 1 heterocycles. The molecule has 1 fully saturated rings. The maximum atomic E-state index is 7.12. The third-order valence-electron chi connectivity index (χ3n) is 6.76. The lowest BCUT2D eigenvalue weighted by Crippen LogP contribution is -2.33. The van der Waals surface area contributed by atoms with Gasteiger partial charge in [-0.15, -0.1) is 0 Å². The van der Waals surface area contributed by atoms with Gasteiger partial charge in [0.15, 0.2) is 21.4 Å². The van der Waals surface area contributed by atoms with E-state index in [2.05, 4.69) is 25.1 Å². The van der Waals surface area contributed by atoms with E-state index in [1.807, 2.05) is 54.6 Å². The Bertz CT molecular complexity index is 1110. The molecular weight excluding hydrogens is 419 g/mol. The third kappa shape index (κ3) is 2.23. The average Bonchev–Trinajstić information content (AvgIpc) is 3.18. The van der Waals surface area contributed by atoms with Crippen molar-refractivity contribution in [3.05, 3.63) is 89.5 Å². The quantitative estimate of drug-likeness (QED) is 0.444. The molecule has 154 valence electrons. The van der Waals surface area contributed by atoms with E-state index in [1.165, 1.54) is 0 Å². The Labute approximate surface area is 186 Å². The van der Waals surface area contributed by atoms with Crippen molar-refractivity contribution in [2.24, 2.45) is 5.41 Å². The minimum Gasteiger partial charge on any atom is -0.493 e. The van der Waals surface area contributed by atoms with Crippen LogP contribution in [0.5, 0.6) is 17.2 Å². The number of alkyl halides is 2. The second-order valence-electron chi connectivity index (χ2n) is 8.01. The molecule has 5 rings (SSSR count). The van der Waals surface area contributed by atoms with Crippen LogP contribution in [0, 0.1) is 5.41 Å². The zero-order valence-corrected chi connectivity index (χ0v) is 18.5. The first kappa shape index (κ1) is 19.6. The third-order valence-corrected chi connectivity index (χ3v) is 8.07. The first-order valence-electron chi connectivity index (χ1n) is 9.85. The summed E-state index contributed by atoms with van der Waals surface area (Å²) < 4.78 is 16.5. The standard InChI is InChI=1S/C25H22Cl2O3/c1-23-22(16-9-5-4-6-10-16)18-11-7-8-12-19(18)30-24(23,25(23,26)27)17-13-14-20(28-2)21(15-17)29-3/h4-15,22H,1-3H3/t22-,23+,24+/m1/s1. The number of ether oxygens (including phenoxy) is 3. The molecule has 0 N–H and O–H groups in total. The van der Waals surface area contributed by atoms with Gasteiger partial charge >= 0.3 is 0 Å². The molecule has 3 aromatic rings. The molecule has 2 aliphatic rings. The van der Waals surface area contributed by atoms with Crippen LogP contribution in [0.15, 0.2) is 72.8 Å². The topological polar surface area (TPSA) is 27.7 Å². The van der Waals surface area contributed by atoms with Crippen LogP contribution < -0.4 is 14.2 Å². The highest BCUT2D eigenvalue weighted by Crippen LogP contribution is 2.85. The lowest BCUT2D eigenvalue weighted by molar-refractivity contribution is 0.102. The summed E-state index contributed by atoms with van der Waals surface area (Å²) in [5, 5.41) is 0. The number of fused-ring (bicyclic) bond motifs is 2. The summed E-state index contributed by atoms with van der Waals surface area (Å²) >= 11 is 14.2. The van der Waals surface area contributed by atoms with E-state index in [4.69, 9.17) is 37.4 Å². The van der Waals surface area contributed by atoms with Crippen molar-refractivity contribution in [1.29, 1.82) is 0 Å². The Morgan fingerprint density at radius 1 is 0.833 bits per heavy atom. The van der Waals surface area contributed by atoms with Gasteiger partial charge in [0, 0.05) is 17.0 Å². The van der Waals surface area contributed by atoms with Crippen molar-refractivity contribution in [2.75, 3.05) is 14.2 Å². The Hall–Kier alpha value is -2.36. The molecule has 3 aromatic carbocycles. The maximum Gasteiger partial charge on any atom is 0.177 e. The summed E-state index contributed by atoms with van der Waals surface area (Å²) in [4.78, 5) is 0. The Balaban J connectivity index is 1.76. The summed E-state index contributed by atoms with van der Waals surface area (Å²) in [5.74, 6) is 2.01. The van der Waals surface area contributed by atoms with Crippen LogP contribution in [-0.4, -0.2) is 18.6 Å². The molecule has 3 atom stereocenters. The smallest absolute Gasteiger partial charge is 0.177 e. The van der Waals surface area contributed by atoms with Gasteiger partial charge in [-0.2, -0.15) is 0 Å². The molecule has 0 saturated heterocycles. The van der Waals surface area contributed by atoms with Crippen molar-refractivity contribution < 1.29 is 14.2 Å². The van der Waals surface area contributed by atoms with Gasteiger partial charge in [-0.05, 0) is 23.8 Å². The Morgan fingerprint density at radius 3 is 2.20 bits per heavy atom. The van der Waals surface area contributed by atoms with E-state index < -0.39 is 15.3 Å². The highest BCUT2D eigenvalue weighted by molar-refractivity contribution is 6.53. The van der Waals surface area contributed by atoms with Crippen LogP contribution >= 0.6 is 23.2 Å². The van der Waals surface area contributed by atoms with E-state index in [0.29, 0.717) is 11.5 Å². The molecule has 0 unspecified atom stereocenters. The Kier molecular flexibility index (Phi) is 4.29. The first-order valence-corrected chi connectivity index (χ1v) is 10.6. The fraction of sp³-hybridized carbons (Fsp3) is 0.280. The van der Waals surface area contributed by atoms with Crippen molar-refractivity contribution in [2.45, 2.75) is 22.8 Å². The summed E-state index contributed by atoms with van der Waals surface area (Å²) in [5.41, 5.74) is 1.58. The van der Waals surface area contributed by atoms with Gasteiger partial charge in [0.2, 0.25) is 0 Å². The highest BCUT2D eigenvalue weighted by Gasteiger charge is 2.91. The van der Waals surface area contributed by atoms with Crippen LogP contribution in [0.3, 0.4) is 0 Å². The molecule has 1 saturated carbocycles. The molecule has 0 spiro atoms. The molecular formula is C25H22Cl2O3. The normalized spacial score (nSPS) is 28.0. The van der Waals surface area contributed by atoms with E-state index in [0.717, 1.165) is 22.4 Å². The largest absolute Gasteiger partial charge is 0.493 e. The average molecular weight is 441 g/mol. The number of benzene rings is 3. The van der Waals surface area contributed by atoms with Gasteiger partial charge in [-0.3, -0.25) is 0 Å². The summed E-state index contributed by atoms with van der Waals surface area (Å²) in [6.07, 6.45) is 0. The van der Waals surface area contributed by atoms with E-state index >= 15 is 0 Å². The van der Waals surface area contributed by atoms with Crippen molar-refractivity contribution in [1.82, 2.24) is 0 Å². The zero-order valence-electron chi connectivity index (χ0n) is 17.0. The Morgan fingerprint density at radius 2 is 1.50 bits per heavy atom. The van der Waals surface area contributed by atoms with Gasteiger partial charge in [0.1, 0.15) is 5.75 Å². The molecule has 1 aliphatic heterocycles. The van der Waals surface area contributed by atoms with Gasteiger partial charge in [0.25, 0.3) is 0 Å². The van der Waals surface area contributed by atoms with Gasteiger partial charge in [-0.1, -0.05) is 84.7 Å². The number of halogens is 2. The molecule has 0 aromatic heterocycles. The van der Waals surface area contributed by atoms with Crippen molar-refractivity contribution >= 4 is 23.2 Å². The second kappa shape index (κ2) is 6.57. The van der Waals surface area contributed by atoms with Crippen LogP contribution in [0.1, 0.15) is 29.5 Å². The summed E-state index contributed by atoms with van der Waals surface area (Å²) in [7, 11) is 3.23. The fourth-order valence-electron chi connectivity index (χ4n) is 5.21. The number of para-hydroxylation sites is 1. The van der Waals surface area contributed by atoms with E-state index in [1.54, 1.807) is 14.2 Å². The molecule has 1 aliphatic carbocycles. The lowest BCUT2D eigenvalue weighted by atomic mass is 9.74. The van der Waals surface area contributed by atoms with Crippen molar-refractivity contribution in [3.63, 3.8) is 0 Å². The lowest BCUT2D eigenvalue weighted by Gasteiger charge is -2.36. The maximum absolute atomic E-state index is 7.12. The predicted molar refractivity (Wildman–Crippen MR) is 119 cm³/mol. The molecule has 0 bridgehead atoms. The molecule has 5 heteroatoms.